The summed E-state index contributed by atoms with van der Waals surface area (Å²) in [7, 11) is 1.86. The topological polar surface area (TPSA) is 46.4 Å². The van der Waals surface area contributed by atoms with Gasteiger partial charge in [0.1, 0.15) is 0 Å². The molecule has 19 heavy (non-hydrogen) atoms. The van der Waals surface area contributed by atoms with Crippen molar-refractivity contribution in [1.29, 1.82) is 0 Å². The highest BCUT2D eigenvalue weighted by Gasteiger charge is 2.17. The maximum absolute atomic E-state index is 13.9. The molecule has 0 aliphatic carbocycles. The zero-order valence-corrected chi connectivity index (χ0v) is 11.2. The van der Waals surface area contributed by atoms with Gasteiger partial charge in [-0.1, -0.05) is 12.1 Å². The van der Waals surface area contributed by atoms with Gasteiger partial charge in [-0.15, -0.1) is 0 Å². The first-order valence-electron chi connectivity index (χ1n) is 5.69. The van der Waals surface area contributed by atoms with Crippen LogP contribution in [-0.4, -0.2) is 16.9 Å². The highest BCUT2D eigenvalue weighted by atomic mass is 32.1. The number of benzene rings is 1. The molecule has 0 spiro atoms. The van der Waals surface area contributed by atoms with Crippen molar-refractivity contribution in [3.05, 3.63) is 62.1 Å². The maximum atomic E-state index is 13.9. The minimum atomic E-state index is -0.746. The number of hydrogen-bond acceptors (Lipinski definition) is 4. The van der Waals surface area contributed by atoms with Crippen LogP contribution in [0.1, 0.15) is 11.1 Å². The zero-order valence-electron chi connectivity index (χ0n) is 10.4. The number of hydrogen-bond donors (Lipinski definition) is 0. The summed E-state index contributed by atoms with van der Waals surface area (Å²) in [6.45, 7) is 1.02. The average molecular weight is 280 g/mol. The van der Waals surface area contributed by atoms with E-state index in [2.05, 4.69) is 0 Å². The Balaban J connectivity index is 2.10. The van der Waals surface area contributed by atoms with Crippen molar-refractivity contribution >= 4 is 17.0 Å². The van der Waals surface area contributed by atoms with Crippen molar-refractivity contribution in [3.63, 3.8) is 0 Å². The first-order valence-corrected chi connectivity index (χ1v) is 6.63. The number of nitro groups is 1. The third-order valence-electron chi connectivity index (χ3n) is 2.73. The first kappa shape index (κ1) is 13.6. The Labute approximate surface area is 114 Å². The van der Waals surface area contributed by atoms with Crippen LogP contribution in [0, 0.1) is 15.9 Å². The van der Waals surface area contributed by atoms with E-state index in [4.69, 9.17) is 0 Å². The minimum absolute atomic E-state index is 0.337. The molecule has 0 saturated heterocycles. The largest absolute Gasteiger partial charge is 0.305 e. The Morgan fingerprint density at radius 3 is 2.79 bits per heavy atom. The second-order valence-corrected chi connectivity index (χ2v) is 5.09. The third-order valence-corrected chi connectivity index (χ3v) is 3.46. The van der Waals surface area contributed by atoms with Gasteiger partial charge < -0.3 is 0 Å². The molecule has 0 bridgehead atoms. The molecule has 1 heterocycles. The molecule has 1 aromatic carbocycles. The fourth-order valence-electron chi connectivity index (χ4n) is 1.87. The Morgan fingerprint density at radius 2 is 2.16 bits per heavy atom. The van der Waals surface area contributed by atoms with Gasteiger partial charge in [-0.25, -0.2) is 0 Å². The van der Waals surface area contributed by atoms with Crippen LogP contribution in [0.4, 0.5) is 10.1 Å². The quantitative estimate of drug-likeness (QED) is 0.622. The zero-order chi connectivity index (χ0) is 13.8. The van der Waals surface area contributed by atoms with E-state index in [-0.39, 0.29) is 0 Å². The normalized spacial score (nSPS) is 10.9. The van der Waals surface area contributed by atoms with Crippen LogP contribution >= 0.6 is 11.3 Å². The molecule has 0 amide bonds. The van der Waals surface area contributed by atoms with Crippen molar-refractivity contribution in [2.75, 3.05) is 7.05 Å². The van der Waals surface area contributed by atoms with Gasteiger partial charge in [-0.05, 0) is 29.4 Å². The Hall–Kier alpha value is -1.79. The third kappa shape index (κ3) is 3.36. The van der Waals surface area contributed by atoms with Gasteiger partial charge >= 0.3 is 5.69 Å². The van der Waals surface area contributed by atoms with Crippen LogP contribution in [0.15, 0.2) is 35.0 Å². The van der Waals surface area contributed by atoms with Gasteiger partial charge in [0.25, 0.3) is 0 Å². The van der Waals surface area contributed by atoms with Gasteiger partial charge in [0.15, 0.2) is 0 Å². The Kier molecular flexibility index (Phi) is 4.24. The summed E-state index contributed by atoms with van der Waals surface area (Å²) in [5, 5.41) is 14.7. The SMILES string of the molecule is CN(Cc1ccsc1)Cc1cccc([N+](=O)[O-])c1F. The summed E-state index contributed by atoms with van der Waals surface area (Å²) in [5.41, 5.74) is 1.02. The van der Waals surface area contributed by atoms with E-state index in [1.807, 2.05) is 28.8 Å². The maximum Gasteiger partial charge on any atom is 0.305 e. The molecule has 0 fully saturated rings. The number of halogens is 1. The van der Waals surface area contributed by atoms with Crippen LogP contribution in [0.5, 0.6) is 0 Å². The lowest BCUT2D eigenvalue weighted by Gasteiger charge is -2.16. The lowest BCUT2D eigenvalue weighted by atomic mass is 10.1. The van der Waals surface area contributed by atoms with Crippen LogP contribution < -0.4 is 0 Å². The molecule has 2 aromatic rings. The molecule has 0 N–H and O–H groups in total. The van der Waals surface area contributed by atoms with E-state index in [9.17, 15) is 14.5 Å². The van der Waals surface area contributed by atoms with E-state index < -0.39 is 16.4 Å². The van der Waals surface area contributed by atoms with Crippen LogP contribution in [0.2, 0.25) is 0 Å². The number of nitrogens with zero attached hydrogens (tertiary/aromatic N) is 2. The van der Waals surface area contributed by atoms with Crippen LogP contribution in [0.25, 0.3) is 0 Å². The van der Waals surface area contributed by atoms with Crippen molar-refractivity contribution in [2.45, 2.75) is 13.1 Å². The fourth-order valence-corrected chi connectivity index (χ4v) is 2.53. The van der Waals surface area contributed by atoms with E-state index in [0.717, 1.165) is 5.56 Å². The molecule has 6 heteroatoms. The number of thiophene rings is 1. The molecule has 0 aliphatic rings. The van der Waals surface area contributed by atoms with Crippen LogP contribution in [-0.2, 0) is 13.1 Å². The Bertz CT molecular complexity index is 572. The lowest BCUT2D eigenvalue weighted by molar-refractivity contribution is -0.387. The smallest absolute Gasteiger partial charge is 0.298 e. The summed E-state index contributed by atoms with van der Waals surface area (Å²) in [4.78, 5) is 11.9. The van der Waals surface area contributed by atoms with Gasteiger partial charge in [-0.2, -0.15) is 15.7 Å². The summed E-state index contributed by atoms with van der Waals surface area (Å²) in [5.74, 6) is -0.746. The molecule has 0 atom stereocenters. The second kappa shape index (κ2) is 5.90. The van der Waals surface area contributed by atoms with E-state index in [1.165, 1.54) is 12.1 Å². The predicted molar refractivity (Wildman–Crippen MR) is 72.5 cm³/mol. The minimum Gasteiger partial charge on any atom is -0.298 e. The molecule has 2 rings (SSSR count). The van der Waals surface area contributed by atoms with E-state index in [1.54, 1.807) is 17.4 Å². The van der Waals surface area contributed by atoms with Crippen molar-refractivity contribution < 1.29 is 9.31 Å². The molecule has 4 nitrogen and oxygen atoms in total. The van der Waals surface area contributed by atoms with Crippen molar-refractivity contribution in [2.24, 2.45) is 0 Å². The second-order valence-electron chi connectivity index (χ2n) is 4.31. The molecular formula is C13H13FN2O2S. The molecular weight excluding hydrogens is 267 g/mol. The summed E-state index contributed by atoms with van der Waals surface area (Å²) in [6, 6.07) is 6.27. The fraction of sp³-hybridized carbons (Fsp3) is 0.231. The molecule has 0 saturated carbocycles. The molecule has 100 valence electrons. The monoisotopic (exact) mass is 280 g/mol. The number of nitro benzene ring substituents is 1. The van der Waals surface area contributed by atoms with E-state index >= 15 is 0 Å². The van der Waals surface area contributed by atoms with Gasteiger partial charge in [0.05, 0.1) is 4.92 Å². The highest BCUT2D eigenvalue weighted by molar-refractivity contribution is 7.07. The summed E-state index contributed by atoms with van der Waals surface area (Å²) < 4.78 is 13.9. The first-order chi connectivity index (χ1) is 9.08. The average Bonchev–Trinajstić information content (AvgIpc) is 2.84. The molecule has 0 aliphatic heterocycles. The lowest BCUT2D eigenvalue weighted by Crippen LogP contribution is -2.18. The molecule has 0 unspecified atom stereocenters. The van der Waals surface area contributed by atoms with Crippen molar-refractivity contribution in [1.82, 2.24) is 4.90 Å². The van der Waals surface area contributed by atoms with Crippen molar-refractivity contribution in [3.8, 4) is 0 Å². The standard InChI is InChI=1S/C13H13FN2O2S/c1-15(7-10-5-6-19-9-10)8-11-3-2-4-12(13(11)14)16(17)18/h2-6,9H,7-8H2,1H3. The number of rotatable bonds is 5. The summed E-state index contributed by atoms with van der Waals surface area (Å²) >= 11 is 1.61. The molecule has 1 aromatic heterocycles. The predicted octanol–water partition coefficient (Wildman–Crippen LogP) is 3.43. The highest BCUT2D eigenvalue weighted by Crippen LogP contribution is 2.21. The van der Waals surface area contributed by atoms with Gasteiger partial charge in [-0.3, -0.25) is 15.0 Å². The molecule has 0 radical (unpaired) electrons. The van der Waals surface area contributed by atoms with Gasteiger partial charge in [0, 0.05) is 24.7 Å². The van der Waals surface area contributed by atoms with E-state index in [0.29, 0.717) is 18.7 Å². The Morgan fingerprint density at radius 1 is 1.37 bits per heavy atom. The van der Waals surface area contributed by atoms with Crippen LogP contribution in [0.3, 0.4) is 0 Å². The van der Waals surface area contributed by atoms with Gasteiger partial charge in [0.2, 0.25) is 5.82 Å². The summed E-state index contributed by atoms with van der Waals surface area (Å²) in [6.07, 6.45) is 0.